The standard InChI is InChI=1S/C12H8FN3/c1-8-15-9(7-14)6-12(16-8)10-4-2-3-5-11(10)13/h2-6H,1H3. The first kappa shape index (κ1) is 10.2. The fourth-order valence-corrected chi connectivity index (χ4v) is 1.43. The van der Waals surface area contributed by atoms with Crippen molar-refractivity contribution in [2.75, 3.05) is 0 Å². The fourth-order valence-electron chi connectivity index (χ4n) is 1.43. The second-order valence-corrected chi connectivity index (χ2v) is 3.28. The van der Waals surface area contributed by atoms with Gasteiger partial charge in [0.05, 0.1) is 5.69 Å². The zero-order valence-corrected chi connectivity index (χ0v) is 8.61. The second-order valence-electron chi connectivity index (χ2n) is 3.28. The summed E-state index contributed by atoms with van der Waals surface area (Å²) in [4.78, 5) is 8.02. The third-order valence-corrected chi connectivity index (χ3v) is 2.10. The molecule has 2 aromatic rings. The van der Waals surface area contributed by atoms with Crippen molar-refractivity contribution in [2.45, 2.75) is 6.92 Å². The van der Waals surface area contributed by atoms with E-state index in [9.17, 15) is 4.39 Å². The van der Waals surface area contributed by atoms with E-state index in [2.05, 4.69) is 9.97 Å². The number of benzene rings is 1. The van der Waals surface area contributed by atoms with Gasteiger partial charge in [-0.2, -0.15) is 5.26 Å². The molecule has 0 aliphatic heterocycles. The Kier molecular flexibility index (Phi) is 2.61. The molecule has 16 heavy (non-hydrogen) atoms. The van der Waals surface area contributed by atoms with Crippen molar-refractivity contribution in [3.63, 3.8) is 0 Å². The van der Waals surface area contributed by atoms with Crippen LogP contribution in [0.15, 0.2) is 30.3 Å². The van der Waals surface area contributed by atoms with Crippen LogP contribution in [-0.2, 0) is 0 Å². The summed E-state index contributed by atoms with van der Waals surface area (Å²) in [5.41, 5.74) is 1.05. The van der Waals surface area contributed by atoms with Gasteiger partial charge in [-0.15, -0.1) is 0 Å². The lowest BCUT2D eigenvalue weighted by Gasteiger charge is -2.03. The first-order valence-electron chi connectivity index (χ1n) is 4.71. The van der Waals surface area contributed by atoms with Gasteiger partial charge >= 0.3 is 0 Å². The van der Waals surface area contributed by atoms with Gasteiger partial charge < -0.3 is 0 Å². The average Bonchev–Trinajstić information content (AvgIpc) is 2.28. The summed E-state index contributed by atoms with van der Waals surface area (Å²) in [5, 5.41) is 8.77. The van der Waals surface area contributed by atoms with Crippen molar-refractivity contribution >= 4 is 0 Å². The number of aryl methyl sites for hydroxylation is 1. The Labute approximate surface area is 92.2 Å². The van der Waals surface area contributed by atoms with Crippen molar-refractivity contribution < 1.29 is 4.39 Å². The zero-order valence-electron chi connectivity index (χ0n) is 8.61. The molecule has 0 aliphatic rings. The molecule has 0 saturated heterocycles. The van der Waals surface area contributed by atoms with Gasteiger partial charge in [0.2, 0.25) is 0 Å². The highest BCUT2D eigenvalue weighted by atomic mass is 19.1. The molecule has 0 fully saturated rings. The van der Waals surface area contributed by atoms with Gasteiger partial charge in [-0.1, -0.05) is 12.1 Å². The number of aromatic nitrogens is 2. The molecular formula is C12H8FN3. The maximum Gasteiger partial charge on any atom is 0.144 e. The lowest BCUT2D eigenvalue weighted by Crippen LogP contribution is -1.95. The molecule has 4 heteroatoms. The highest BCUT2D eigenvalue weighted by molar-refractivity contribution is 5.60. The molecule has 1 aromatic heterocycles. The van der Waals surface area contributed by atoms with Crippen LogP contribution >= 0.6 is 0 Å². The molecule has 1 heterocycles. The van der Waals surface area contributed by atoms with Crippen LogP contribution in [0.25, 0.3) is 11.3 Å². The molecule has 0 N–H and O–H groups in total. The van der Waals surface area contributed by atoms with Crippen molar-refractivity contribution in [1.29, 1.82) is 5.26 Å². The number of halogens is 1. The van der Waals surface area contributed by atoms with Gasteiger partial charge in [0.15, 0.2) is 0 Å². The lowest BCUT2D eigenvalue weighted by molar-refractivity contribution is 0.630. The van der Waals surface area contributed by atoms with Crippen LogP contribution in [0.3, 0.4) is 0 Å². The summed E-state index contributed by atoms with van der Waals surface area (Å²) in [6.45, 7) is 1.67. The predicted molar refractivity (Wildman–Crippen MR) is 56.9 cm³/mol. The Morgan fingerprint density at radius 3 is 2.69 bits per heavy atom. The van der Waals surface area contributed by atoms with Crippen molar-refractivity contribution in [3.8, 4) is 17.3 Å². The number of hydrogen-bond donors (Lipinski definition) is 0. The van der Waals surface area contributed by atoms with Gasteiger partial charge in [0, 0.05) is 11.6 Å². The first-order chi connectivity index (χ1) is 7.70. The van der Waals surface area contributed by atoms with Crippen LogP contribution in [0, 0.1) is 24.1 Å². The van der Waals surface area contributed by atoms with E-state index in [-0.39, 0.29) is 11.5 Å². The van der Waals surface area contributed by atoms with E-state index in [1.807, 2.05) is 6.07 Å². The highest BCUT2D eigenvalue weighted by Crippen LogP contribution is 2.20. The van der Waals surface area contributed by atoms with Crippen LogP contribution in [0.4, 0.5) is 4.39 Å². The summed E-state index contributed by atoms with van der Waals surface area (Å²) in [7, 11) is 0. The SMILES string of the molecule is Cc1nc(C#N)cc(-c2ccccc2F)n1. The van der Waals surface area contributed by atoms with Crippen LogP contribution in [0.1, 0.15) is 11.5 Å². The monoisotopic (exact) mass is 213 g/mol. The van der Waals surface area contributed by atoms with Crippen LogP contribution in [0.2, 0.25) is 0 Å². The Balaban J connectivity index is 2.61. The molecule has 0 spiro atoms. The largest absolute Gasteiger partial charge is 0.233 e. The molecule has 0 bridgehead atoms. The van der Waals surface area contributed by atoms with Gasteiger partial charge in [0.25, 0.3) is 0 Å². The van der Waals surface area contributed by atoms with Crippen LogP contribution in [-0.4, -0.2) is 9.97 Å². The second kappa shape index (κ2) is 4.07. The van der Waals surface area contributed by atoms with E-state index in [4.69, 9.17) is 5.26 Å². The summed E-state index contributed by atoms with van der Waals surface area (Å²) in [6.07, 6.45) is 0. The molecule has 0 unspecified atom stereocenters. The van der Waals surface area contributed by atoms with E-state index in [0.29, 0.717) is 17.1 Å². The van der Waals surface area contributed by atoms with E-state index >= 15 is 0 Å². The summed E-state index contributed by atoms with van der Waals surface area (Å²) >= 11 is 0. The Morgan fingerprint density at radius 2 is 2.00 bits per heavy atom. The third-order valence-electron chi connectivity index (χ3n) is 2.10. The minimum absolute atomic E-state index is 0.241. The van der Waals surface area contributed by atoms with Gasteiger partial charge in [-0.25, -0.2) is 14.4 Å². The lowest BCUT2D eigenvalue weighted by atomic mass is 10.1. The molecule has 0 amide bonds. The minimum atomic E-state index is -0.357. The van der Waals surface area contributed by atoms with E-state index in [0.717, 1.165) is 0 Å². The maximum atomic E-state index is 13.5. The van der Waals surface area contributed by atoms with Gasteiger partial charge in [-0.3, -0.25) is 0 Å². The topological polar surface area (TPSA) is 49.6 Å². The van der Waals surface area contributed by atoms with Gasteiger partial charge in [-0.05, 0) is 19.1 Å². The van der Waals surface area contributed by atoms with E-state index in [1.54, 1.807) is 25.1 Å². The van der Waals surface area contributed by atoms with Crippen molar-refractivity contribution in [2.24, 2.45) is 0 Å². The van der Waals surface area contributed by atoms with E-state index in [1.165, 1.54) is 12.1 Å². The van der Waals surface area contributed by atoms with Gasteiger partial charge in [0.1, 0.15) is 23.4 Å². The number of nitriles is 1. The fraction of sp³-hybridized carbons (Fsp3) is 0.0833. The summed E-state index contributed by atoms with van der Waals surface area (Å²) < 4.78 is 13.5. The number of rotatable bonds is 1. The number of hydrogen-bond acceptors (Lipinski definition) is 3. The van der Waals surface area contributed by atoms with Crippen LogP contribution < -0.4 is 0 Å². The van der Waals surface area contributed by atoms with E-state index < -0.39 is 0 Å². The Hall–Kier alpha value is -2.28. The van der Waals surface area contributed by atoms with Crippen molar-refractivity contribution in [3.05, 3.63) is 47.7 Å². The molecule has 3 nitrogen and oxygen atoms in total. The average molecular weight is 213 g/mol. The van der Waals surface area contributed by atoms with Crippen molar-refractivity contribution in [1.82, 2.24) is 9.97 Å². The molecular weight excluding hydrogens is 205 g/mol. The third kappa shape index (κ3) is 1.89. The summed E-state index contributed by atoms with van der Waals surface area (Å²) in [6, 6.07) is 9.72. The molecule has 0 aliphatic carbocycles. The molecule has 78 valence electrons. The molecule has 0 saturated carbocycles. The molecule has 0 atom stereocenters. The van der Waals surface area contributed by atoms with Crippen LogP contribution in [0.5, 0.6) is 0 Å². The smallest absolute Gasteiger partial charge is 0.144 e. The predicted octanol–water partition coefficient (Wildman–Crippen LogP) is 2.46. The maximum absolute atomic E-state index is 13.5. The quantitative estimate of drug-likeness (QED) is 0.731. The Bertz CT molecular complexity index is 573. The summed E-state index contributed by atoms with van der Waals surface area (Å²) in [5.74, 6) is 0.0989. The first-order valence-corrected chi connectivity index (χ1v) is 4.71. The molecule has 2 rings (SSSR count). The molecule has 0 radical (unpaired) electrons. The number of nitrogens with zero attached hydrogens (tertiary/aromatic N) is 3. The normalized spacial score (nSPS) is 9.81. The molecule has 1 aromatic carbocycles. The minimum Gasteiger partial charge on any atom is -0.233 e. The highest BCUT2D eigenvalue weighted by Gasteiger charge is 2.07. The zero-order chi connectivity index (χ0) is 11.5. The Morgan fingerprint density at radius 1 is 1.25 bits per heavy atom.